The number of hydrogen-bond acceptors (Lipinski definition) is 1. The molecular weight excluding hydrogens is 363 g/mol. The van der Waals surface area contributed by atoms with E-state index >= 15 is 0 Å². The minimum atomic E-state index is -2.16. The Labute approximate surface area is 140 Å². The van der Waals surface area contributed by atoms with E-state index in [0.29, 0.717) is 0 Å². The summed E-state index contributed by atoms with van der Waals surface area (Å²) in [6.45, 7) is 7.97. The van der Waals surface area contributed by atoms with Crippen LogP contribution in [0.2, 0.25) is 13.8 Å². The van der Waals surface area contributed by atoms with Gasteiger partial charge < -0.3 is 0 Å². The summed E-state index contributed by atoms with van der Waals surface area (Å²) in [5, 5.41) is 0. The molecule has 0 unspecified atom stereocenters. The van der Waals surface area contributed by atoms with E-state index in [1.807, 2.05) is 0 Å². The fourth-order valence-electron chi connectivity index (χ4n) is 2.93. The molecule has 1 nitrogen and oxygen atoms in total. The van der Waals surface area contributed by atoms with Crippen LogP contribution in [0.4, 0.5) is 0 Å². The van der Waals surface area contributed by atoms with Gasteiger partial charge in [-0.1, -0.05) is 0 Å². The van der Waals surface area contributed by atoms with Crippen LogP contribution in [-0.4, -0.2) is 25.4 Å². The van der Waals surface area contributed by atoms with Crippen molar-refractivity contribution in [2.45, 2.75) is 112 Å². The molecule has 0 fully saturated rings. The Morgan fingerprint density at radius 3 is 1.48 bits per heavy atom. The minimum absolute atomic E-state index is 1.06. The summed E-state index contributed by atoms with van der Waals surface area (Å²) in [7, 11) is 0. The van der Waals surface area contributed by atoms with E-state index in [1.165, 1.54) is 85.9 Å². The molecule has 0 amide bonds. The van der Waals surface area contributed by atoms with Gasteiger partial charge in [-0.25, -0.2) is 0 Å². The van der Waals surface area contributed by atoms with Crippen molar-refractivity contribution in [2.75, 3.05) is 6.61 Å². The normalized spacial score (nSPS) is 12.0. The van der Waals surface area contributed by atoms with E-state index in [2.05, 4.69) is 25.7 Å². The van der Waals surface area contributed by atoms with Gasteiger partial charge in [0, 0.05) is 0 Å². The van der Waals surface area contributed by atoms with Crippen LogP contribution >= 0.6 is 0 Å². The summed E-state index contributed by atoms with van der Waals surface area (Å²) in [6, 6.07) is 0. The second-order valence-electron chi connectivity index (χ2n) is 6.98. The second-order valence-corrected chi connectivity index (χ2v) is 18.9. The van der Waals surface area contributed by atoms with Gasteiger partial charge in [-0.2, -0.15) is 0 Å². The third kappa shape index (κ3) is 14.1. The average Bonchev–Trinajstić information content (AvgIpc) is 2.49. The molecule has 21 heavy (non-hydrogen) atoms. The van der Waals surface area contributed by atoms with Gasteiger partial charge in [0.1, 0.15) is 0 Å². The van der Waals surface area contributed by atoms with Crippen molar-refractivity contribution >= 4 is 18.8 Å². The first-order valence-electron chi connectivity index (χ1n) is 9.82. The molecule has 0 rings (SSSR count). The predicted molar refractivity (Wildman–Crippen MR) is 99.6 cm³/mol. The van der Waals surface area contributed by atoms with E-state index in [-0.39, 0.29) is 0 Å². The first-order chi connectivity index (χ1) is 10.2. The monoisotopic (exact) mass is 406 g/mol. The van der Waals surface area contributed by atoms with Crippen molar-refractivity contribution in [3.05, 3.63) is 0 Å². The van der Waals surface area contributed by atoms with Crippen molar-refractivity contribution in [1.29, 1.82) is 0 Å². The van der Waals surface area contributed by atoms with Crippen LogP contribution in [-0.2, 0) is 3.07 Å². The molecule has 0 aromatic carbocycles. The van der Waals surface area contributed by atoms with Crippen molar-refractivity contribution in [2.24, 2.45) is 0 Å². The molecule has 0 aromatic rings. The van der Waals surface area contributed by atoms with Crippen LogP contribution in [0.5, 0.6) is 0 Å². The van der Waals surface area contributed by atoms with Crippen LogP contribution in [0.1, 0.15) is 97.8 Å². The Morgan fingerprint density at radius 2 is 1.00 bits per heavy atom. The molecule has 0 spiro atoms. The van der Waals surface area contributed by atoms with Crippen LogP contribution < -0.4 is 0 Å². The standard InChI is InChI=1S/C10H21O.2C4H9.CH3.Sn/c1-2-3-4-5-6-7-8-9-10-11;2*1-3-4-2;;/h2-10H2,1H3;2*1,3-4H2,2H3;1H3;/q-1;;;;+1. The number of rotatable bonds is 16. The average molecular weight is 405 g/mol. The third-order valence-electron chi connectivity index (χ3n) is 4.57. The predicted octanol–water partition coefficient (Wildman–Crippen LogP) is 7.32. The van der Waals surface area contributed by atoms with E-state index in [9.17, 15) is 0 Å². The molecule has 0 bridgehead atoms. The van der Waals surface area contributed by atoms with Gasteiger partial charge in [-0.15, -0.1) is 0 Å². The zero-order valence-corrected chi connectivity index (χ0v) is 18.4. The maximum absolute atomic E-state index is 6.49. The molecular formula is C19H42OSn. The van der Waals surface area contributed by atoms with E-state index in [4.69, 9.17) is 3.07 Å². The van der Waals surface area contributed by atoms with Crippen molar-refractivity contribution < 1.29 is 3.07 Å². The zero-order valence-electron chi connectivity index (χ0n) is 15.5. The summed E-state index contributed by atoms with van der Waals surface area (Å²) >= 11 is -2.16. The van der Waals surface area contributed by atoms with Gasteiger partial charge in [0.2, 0.25) is 0 Å². The van der Waals surface area contributed by atoms with Crippen molar-refractivity contribution in [1.82, 2.24) is 0 Å². The van der Waals surface area contributed by atoms with Gasteiger partial charge in [-0.05, 0) is 0 Å². The summed E-state index contributed by atoms with van der Waals surface area (Å²) in [6.07, 6.45) is 16.7. The van der Waals surface area contributed by atoms with Crippen molar-refractivity contribution in [3.63, 3.8) is 0 Å². The first kappa shape index (κ1) is 21.8. The number of hydrogen-bond donors (Lipinski definition) is 0. The van der Waals surface area contributed by atoms with Crippen LogP contribution in [0, 0.1) is 0 Å². The Bertz CT molecular complexity index is 198. The van der Waals surface area contributed by atoms with Gasteiger partial charge in [-0.3, -0.25) is 0 Å². The van der Waals surface area contributed by atoms with Gasteiger partial charge in [0.15, 0.2) is 0 Å². The van der Waals surface area contributed by atoms with E-state index in [0.717, 1.165) is 6.61 Å². The fraction of sp³-hybridized carbons (Fsp3) is 1.00. The molecule has 0 aliphatic rings. The van der Waals surface area contributed by atoms with E-state index < -0.39 is 18.8 Å². The van der Waals surface area contributed by atoms with Gasteiger partial charge in [0.25, 0.3) is 0 Å². The molecule has 0 radical (unpaired) electrons. The van der Waals surface area contributed by atoms with Gasteiger partial charge >= 0.3 is 140 Å². The van der Waals surface area contributed by atoms with Crippen LogP contribution in [0.15, 0.2) is 0 Å². The Hall–Kier alpha value is 0.759. The summed E-state index contributed by atoms with van der Waals surface area (Å²) in [4.78, 5) is 2.55. The third-order valence-corrected chi connectivity index (χ3v) is 15.2. The van der Waals surface area contributed by atoms with Crippen molar-refractivity contribution in [3.8, 4) is 0 Å². The zero-order chi connectivity index (χ0) is 15.8. The SMILES string of the molecule is CCCCCCCCCC[O][Sn]([CH3])([CH2]CCC)[CH2]CCC. The molecule has 0 N–H and O–H groups in total. The fourth-order valence-corrected chi connectivity index (χ4v) is 12.6. The quantitative estimate of drug-likeness (QED) is 0.193. The molecule has 0 aliphatic heterocycles. The molecule has 0 saturated carbocycles. The number of unbranched alkanes of at least 4 members (excludes halogenated alkanes) is 9. The van der Waals surface area contributed by atoms with Crippen LogP contribution in [0.25, 0.3) is 0 Å². The molecule has 0 aromatic heterocycles. The Balaban J connectivity index is 3.62. The van der Waals surface area contributed by atoms with Crippen LogP contribution in [0.3, 0.4) is 0 Å². The summed E-state index contributed by atoms with van der Waals surface area (Å²) in [5.41, 5.74) is 0. The molecule has 2 heteroatoms. The Morgan fingerprint density at radius 1 is 0.571 bits per heavy atom. The molecule has 0 heterocycles. The second kappa shape index (κ2) is 15.6. The van der Waals surface area contributed by atoms with E-state index in [1.54, 1.807) is 0 Å². The first-order valence-corrected chi connectivity index (χ1v) is 17.9. The molecule has 0 aliphatic carbocycles. The molecule has 0 saturated heterocycles. The molecule has 128 valence electrons. The topological polar surface area (TPSA) is 9.23 Å². The summed E-state index contributed by atoms with van der Waals surface area (Å²) in [5.74, 6) is 0. The van der Waals surface area contributed by atoms with Gasteiger partial charge in [0.05, 0.1) is 0 Å². The summed E-state index contributed by atoms with van der Waals surface area (Å²) < 4.78 is 9.38. The maximum atomic E-state index is 6.49. The Kier molecular flexibility index (Phi) is 16.2. The molecule has 0 atom stereocenters.